The number of likely N-dealkylation sites (tertiary alicyclic amines) is 1. The lowest BCUT2D eigenvalue weighted by Gasteiger charge is -2.26. The van der Waals surface area contributed by atoms with Gasteiger partial charge in [0, 0.05) is 37.1 Å². The smallest absolute Gasteiger partial charge is 0.227 e. The number of aliphatic hydroxyl groups is 1. The summed E-state index contributed by atoms with van der Waals surface area (Å²) < 4.78 is 6.32. The fraction of sp³-hybridized carbons (Fsp3) is 0.325. The van der Waals surface area contributed by atoms with Gasteiger partial charge in [-0.05, 0) is 117 Å². The maximum Gasteiger partial charge on any atom is 0.227 e. The van der Waals surface area contributed by atoms with Gasteiger partial charge in [0.2, 0.25) is 5.89 Å². The van der Waals surface area contributed by atoms with Crippen LogP contribution in [0.5, 0.6) is 0 Å². The molecule has 3 N–H and O–H groups in total. The Morgan fingerprint density at radius 3 is 2.42 bits per heavy atom. The number of nitriles is 1. The molecule has 254 valence electrons. The number of hydrogen-bond acceptors (Lipinski definition) is 10. The first-order chi connectivity index (χ1) is 24.3. The van der Waals surface area contributed by atoms with Gasteiger partial charge in [-0.15, -0.1) is 0 Å². The number of hydrogen-bond donors (Lipinski definition) is 3. The van der Waals surface area contributed by atoms with Crippen molar-refractivity contribution in [1.29, 1.82) is 5.26 Å². The number of piperidine rings is 1. The van der Waals surface area contributed by atoms with Gasteiger partial charge >= 0.3 is 0 Å². The first kappa shape index (κ1) is 33.3. The summed E-state index contributed by atoms with van der Waals surface area (Å²) in [5.74, 6) is 1.79. The minimum Gasteiger partial charge on any atom is -0.435 e. The van der Waals surface area contributed by atoms with Crippen LogP contribution in [0.4, 0.5) is 11.5 Å². The molecule has 10 nitrogen and oxygen atoms in total. The fourth-order valence-electron chi connectivity index (χ4n) is 6.89. The third kappa shape index (κ3) is 6.94. The molecule has 3 aromatic carbocycles. The van der Waals surface area contributed by atoms with Crippen molar-refractivity contribution in [3.8, 4) is 28.7 Å². The molecule has 1 fully saturated rings. The van der Waals surface area contributed by atoms with E-state index in [1.807, 2.05) is 49.5 Å². The third-order valence-corrected chi connectivity index (χ3v) is 9.44. The van der Waals surface area contributed by atoms with Gasteiger partial charge in [-0.2, -0.15) is 5.26 Å². The number of rotatable bonds is 10. The monoisotopic (exact) mass is 666 g/mol. The molecule has 0 saturated carbocycles. The van der Waals surface area contributed by atoms with Crippen LogP contribution >= 0.6 is 0 Å². The second kappa shape index (κ2) is 14.3. The standard InChI is InChI=1S/C40H42N8O2/c1-24(49)20-42-21-29-18-35-37(43-22-29)39(45-27(4)44-35)46-34-13-9-11-32(26(34)3)31-10-8-12-33(25(31)2)40-47-36-17-28(16-30(19-41)38(36)50-40)23-48-14-6-5-7-15-48/h8-13,16-18,22,24,42,49H,5-7,14-15,20-21,23H2,1-4H3,(H,44,45,46)/t24-/m0/s1. The van der Waals surface area contributed by atoms with Gasteiger partial charge in [-0.1, -0.05) is 30.7 Å². The number of nitrogens with zero attached hydrogens (tertiary/aromatic N) is 6. The van der Waals surface area contributed by atoms with Crippen LogP contribution in [0, 0.1) is 32.1 Å². The summed E-state index contributed by atoms with van der Waals surface area (Å²) in [6, 6.07) is 20.7. The van der Waals surface area contributed by atoms with E-state index in [9.17, 15) is 10.4 Å². The Balaban J connectivity index is 1.19. The van der Waals surface area contributed by atoms with Crippen molar-refractivity contribution in [2.75, 3.05) is 25.0 Å². The molecule has 50 heavy (non-hydrogen) atoms. The average molecular weight is 667 g/mol. The molecule has 0 spiro atoms. The number of aryl methyl sites for hydroxylation is 1. The Labute approximate surface area is 292 Å². The zero-order valence-electron chi connectivity index (χ0n) is 29.0. The van der Waals surface area contributed by atoms with Gasteiger partial charge in [0.05, 0.1) is 17.2 Å². The highest BCUT2D eigenvalue weighted by molar-refractivity contribution is 5.89. The highest BCUT2D eigenvalue weighted by Crippen LogP contribution is 2.37. The summed E-state index contributed by atoms with van der Waals surface area (Å²) >= 11 is 0. The molecular formula is C40H42N8O2. The molecule has 0 amide bonds. The summed E-state index contributed by atoms with van der Waals surface area (Å²) in [6.45, 7) is 11.9. The molecule has 3 aromatic heterocycles. The molecule has 0 aliphatic carbocycles. The van der Waals surface area contributed by atoms with E-state index in [1.165, 1.54) is 19.3 Å². The van der Waals surface area contributed by atoms with Crippen molar-refractivity contribution in [3.05, 3.63) is 94.4 Å². The molecule has 7 rings (SSSR count). The fourth-order valence-corrected chi connectivity index (χ4v) is 6.89. The van der Waals surface area contributed by atoms with Gasteiger partial charge in [0.25, 0.3) is 0 Å². The lowest BCUT2D eigenvalue weighted by atomic mass is 9.93. The third-order valence-electron chi connectivity index (χ3n) is 9.44. The second-order valence-electron chi connectivity index (χ2n) is 13.4. The van der Waals surface area contributed by atoms with Crippen molar-refractivity contribution in [3.63, 3.8) is 0 Å². The van der Waals surface area contributed by atoms with Crippen LogP contribution in [0.25, 0.3) is 44.7 Å². The number of fused-ring (bicyclic) bond motifs is 2. The normalized spacial score (nSPS) is 14.2. The molecule has 0 bridgehead atoms. The Morgan fingerprint density at radius 2 is 1.64 bits per heavy atom. The maximum atomic E-state index is 10.0. The van der Waals surface area contributed by atoms with Crippen LogP contribution in [0.2, 0.25) is 0 Å². The lowest BCUT2D eigenvalue weighted by Crippen LogP contribution is -2.29. The highest BCUT2D eigenvalue weighted by Gasteiger charge is 2.20. The van der Waals surface area contributed by atoms with E-state index in [-0.39, 0.29) is 0 Å². The van der Waals surface area contributed by atoms with E-state index >= 15 is 0 Å². The number of benzene rings is 3. The lowest BCUT2D eigenvalue weighted by molar-refractivity contribution is 0.191. The summed E-state index contributed by atoms with van der Waals surface area (Å²) in [7, 11) is 0. The Kier molecular flexibility index (Phi) is 9.55. The number of aromatic nitrogens is 4. The van der Waals surface area contributed by atoms with Crippen LogP contribution in [0.15, 0.2) is 65.2 Å². The quantitative estimate of drug-likeness (QED) is 0.135. The zero-order chi connectivity index (χ0) is 34.8. The van der Waals surface area contributed by atoms with Crippen LogP contribution < -0.4 is 10.6 Å². The molecule has 0 unspecified atom stereocenters. The van der Waals surface area contributed by atoms with Crippen LogP contribution in [0.3, 0.4) is 0 Å². The molecule has 10 heteroatoms. The molecule has 1 aliphatic rings. The number of anilines is 2. The van der Waals surface area contributed by atoms with E-state index < -0.39 is 6.10 Å². The first-order valence-electron chi connectivity index (χ1n) is 17.3. The van der Waals surface area contributed by atoms with E-state index in [4.69, 9.17) is 19.4 Å². The van der Waals surface area contributed by atoms with Crippen molar-refractivity contribution in [2.24, 2.45) is 0 Å². The van der Waals surface area contributed by atoms with Crippen molar-refractivity contribution in [1.82, 2.24) is 30.2 Å². The average Bonchev–Trinajstić information content (AvgIpc) is 3.53. The van der Waals surface area contributed by atoms with Crippen LogP contribution in [0.1, 0.15) is 59.8 Å². The number of pyridine rings is 1. The minimum atomic E-state index is -0.420. The van der Waals surface area contributed by atoms with Crippen LogP contribution in [-0.4, -0.2) is 55.7 Å². The topological polar surface area (TPSA) is 136 Å². The van der Waals surface area contributed by atoms with E-state index in [2.05, 4.69) is 58.6 Å². The Morgan fingerprint density at radius 1 is 0.900 bits per heavy atom. The highest BCUT2D eigenvalue weighted by atomic mass is 16.3. The van der Waals surface area contributed by atoms with Crippen molar-refractivity contribution in [2.45, 2.75) is 66.2 Å². The summed E-state index contributed by atoms with van der Waals surface area (Å²) in [4.78, 5) is 21.5. The molecule has 1 saturated heterocycles. The Hall–Kier alpha value is -5.21. The van der Waals surface area contributed by atoms with E-state index in [0.717, 1.165) is 69.8 Å². The number of oxazole rings is 1. The predicted octanol–water partition coefficient (Wildman–Crippen LogP) is 7.50. The first-order valence-corrected chi connectivity index (χ1v) is 17.3. The summed E-state index contributed by atoms with van der Waals surface area (Å²) in [5.41, 5.74) is 11.3. The van der Waals surface area contributed by atoms with Gasteiger partial charge in [0.15, 0.2) is 11.4 Å². The summed E-state index contributed by atoms with van der Waals surface area (Å²) in [5, 5.41) is 26.4. The largest absolute Gasteiger partial charge is 0.435 e. The van der Waals surface area contributed by atoms with Crippen LogP contribution in [-0.2, 0) is 13.1 Å². The van der Waals surface area contributed by atoms with Gasteiger partial charge in [-0.3, -0.25) is 9.88 Å². The van der Waals surface area contributed by atoms with Gasteiger partial charge in [-0.25, -0.2) is 15.0 Å². The minimum absolute atomic E-state index is 0.420. The molecule has 4 heterocycles. The van der Waals surface area contributed by atoms with Gasteiger partial charge in [0.1, 0.15) is 22.9 Å². The van der Waals surface area contributed by atoms with Crippen molar-refractivity contribution < 1.29 is 9.52 Å². The maximum absolute atomic E-state index is 10.0. The van der Waals surface area contributed by atoms with Crippen molar-refractivity contribution >= 4 is 33.6 Å². The molecule has 1 aliphatic heterocycles. The number of aliphatic hydroxyl groups excluding tert-OH is 1. The van der Waals surface area contributed by atoms with E-state index in [0.29, 0.717) is 52.8 Å². The van der Waals surface area contributed by atoms with E-state index in [1.54, 1.807) is 6.92 Å². The molecule has 0 radical (unpaired) electrons. The second-order valence-corrected chi connectivity index (χ2v) is 13.4. The predicted molar refractivity (Wildman–Crippen MR) is 197 cm³/mol. The molecular weight excluding hydrogens is 624 g/mol. The summed E-state index contributed by atoms with van der Waals surface area (Å²) in [6.07, 6.45) is 5.12. The van der Waals surface area contributed by atoms with Gasteiger partial charge < -0.3 is 20.2 Å². The Bertz CT molecular complexity index is 2230. The SMILES string of the molecule is Cc1nc(Nc2cccc(-c3cccc(-c4nc5cc(CN6CCCCC6)cc(C#N)c5o4)c3C)c2C)c2ncc(CNC[C@H](C)O)cc2n1. The zero-order valence-corrected chi connectivity index (χ0v) is 29.0. The molecule has 1 atom stereocenters. The molecule has 6 aromatic rings. The number of nitrogens with one attached hydrogen (secondary N) is 2.